The van der Waals surface area contributed by atoms with Gasteiger partial charge in [0.05, 0.1) is 19.3 Å². The van der Waals surface area contributed by atoms with E-state index in [0.29, 0.717) is 18.1 Å². The van der Waals surface area contributed by atoms with E-state index in [1.165, 1.54) is 18.3 Å². The van der Waals surface area contributed by atoms with E-state index < -0.39 is 12.0 Å². The molecule has 0 bridgehead atoms. The number of nitrogens with zero attached hydrogens (tertiary/aromatic N) is 2. The molecule has 0 saturated carbocycles. The molecule has 2 amide bonds. The average molecular weight is 283 g/mol. The number of oxazole rings is 1. The molecule has 0 spiro atoms. The Morgan fingerprint density at radius 2 is 2.10 bits per heavy atom. The lowest BCUT2D eigenvalue weighted by molar-refractivity contribution is -0.142. The van der Waals surface area contributed by atoms with Gasteiger partial charge in [0.1, 0.15) is 12.3 Å². The summed E-state index contributed by atoms with van der Waals surface area (Å²) in [6.07, 6.45) is 1.53. The van der Waals surface area contributed by atoms with Crippen molar-refractivity contribution in [3.8, 4) is 0 Å². The van der Waals surface area contributed by atoms with Crippen molar-refractivity contribution >= 4 is 12.0 Å². The Labute approximate surface area is 118 Å². The fourth-order valence-electron chi connectivity index (χ4n) is 1.51. The highest BCUT2D eigenvalue weighted by atomic mass is 16.5. The van der Waals surface area contributed by atoms with Crippen LogP contribution >= 0.6 is 0 Å². The number of hydrogen-bond donors (Lipinski definition) is 1. The Bertz CT molecular complexity index is 470. The van der Waals surface area contributed by atoms with E-state index in [1.807, 2.05) is 13.8 Å². The lowest BCUT2D eigenvalue weighted by atomic mass is 10.2. The molecular formula is C13H21N3O4. The Hall–Kier alpha value is -2.05. The van der Waals surface area contributed by atoms with Gasteiger partial charge >= 0.3 is 12.0 Å². The first-order valence-corrected chi connectivity index (χ1v) is 6.39. The van der Waals surface area contributed by atoms with Crippen LogP contribution in [0.5, 0.6) is 0 Å². The van der Waals surface area contributed by atoms with Gasteiger partial charge in [0.25, 0.3) is 0 Å². The van der Waals surface area contributed by atoms with Crippen molar-refractivity contribution in [2.24, 2.45) is 0 Å². The number of methoxy groups -OCH3 is 1. The van der Waals surface area contributed by atoms with E-state index in [4.69, 9.17) is 4.42 Å². The Morgan fingerprint density at radius 1 is 1.45 bits per heavy atom. The topological polar surface area (TPSA) is 84.7 Å². The van der Waals surface area contributed by atoms with Gasteiger partial charge in [0, 0.05) is 13.0 Å². The van der Waals surface area contributed by atoms with Crippen LogP contribution in [-0.2, 0) is 16.1 Å². The number of amides is 2. The van der Waals surface area contributed by atoms with Crippen molar-refractivity contribution in [3.05, 3.63) is 17.8 Å². The first kappa shape index (κ1) is 16.0. The summed E-state index contributed by atoms with van der Waals surface area (Å²) < 4.78 is 9.84. The van der Waals surface area contributed by atoms with Gasteiger partial charge in [-0.2, -0.15) is 0 Å². The van der Waals surface area contributed by atoms with Crippen LogP contribution in [-0.4, -0.2) is 42.1 Å². The standard InChI is InChI=1S/C13H21N3O4/c1-8(2)11-15-10(7-20-11)6-16(4)13(18)14-9(3)12(17)19-5/h7-9H,6H2,1-5H3,(H,14,18)/t9-/m0/s1. The number of carbonyl (C=O) groups excluding carboxylic acids is 2. The van der Waals surface area contributed by atoms with Crippen LogP contribution in [0, 0.1) is 0 Å². The molecule has 0 aliphatic carbocycles. The number of urea groups is 1. The number of aromatic nitrogens is 1. The smallest absolute Gasteiger partial charge is 0.328 e. The van der Waals surface area contributed by atoms with Crippen molar-refractivity contribution in [3.63, 3.8) is 0 Å². The minimum absolute atomic E-state index is 0.197. The van der Waals surface area contributed by atoms with Crippen LogP contribution in [0.1, 0.15) is 38.3 Å². The summed E-state index contributed by atoms with van der Waals surface area (Å²) in [4.78, 5) is 28.8. The van der Waals surface area contributed by atoms with Gasteiger partial charge in [-0.1, -0.05) is 13.8 Å². The zero-order chi connectivity index (χ0) is 15.3. The highest BCUT2D eigenvalue weighted by Crippen LogP contribution is 2.14. The zero-order valence-corrected chi connectivity index (χ0v) is 12.5. The predicted octanol–water partition coefficient (Wildman–Crippen LogP) is 1.50. The van der Waals surface area contributed by atoms with Crippen LogP contribution in [0.3, 0.4) is 0 Å². The molecule has 0 fully saturated rings. The summed E-state index contributed by atoms with van der Waals surface area (Å²) in [7, 11) is 2.89. The third kappa shape index (κ3) is 4.25. The van der Waals surface area contributed by atoms with Gasteiger partial charge in [0.2, 0.25) is 0 Å². The first-order valence-electron chi connectivity index (χ1n) is 6.39. The molecule has 1 heterocycles. The maximum absolute atomic E-state index is 11.9. The molecule has 0 radical (unpaired) electrons. The summed E-state index contributed by atoms with van der Waals surface area (Å²) >= 11 is 0. The normalized spacial score (nSPS) is 12.1. The Kier molecular flexibility index (Phi) is 5.54. The molecule has 1 atom stereocenters. The summed E-state index contributed by atoms with van der Waals surface area (Å²) in [5.74, 6) is 0.342. The fourth-order valence-corrected chi connectivity index (χ4v) is 1.51. The van der Waals surface area contributed by atoms with Gasteiger partial charge in [-0.3, -0.25) is 0 Å². The average Bonchev–Trinajstić information content (AvgIpc) is 2.86. The number of hydrogen-bond acceptors (Lipinski definition) is 5. The minimum Gasteiger partial charge on any atom is -0.467 e. The third-order valence-electron chi connectivity index (χ3n) is 2.70. The summed E-state index contributed by atoms with van der Waals surface area (Å²) in [5.41, 5.74) is 0.664. The van der Waals surface area contributed by atoms with E-state index in [0.717, 1.165) is 0 Å². The molecule has 20 heavy (non-hydrogen) atoms. The van der Waals surface area contributed by atoms with E-state index in [2.05, 4.69) is 15.0 Å². The van der Waals surface area contributed by atoms with Crippen LogP contribution in [0.4, 0.5) is 4.79 Å². The summed E-state index contributed by atoms with van der Waals surface area (Å²) in [6.45, 7) is 5.81. The highest BCUT2D eigenvalue weighted by molar-refractivity contribution is 5.83. The second kappa shape index (κ2) is 6.93. The predicted molar refractivity (Wildman–Crippen MR) is 72.1 cm³/mol. The molecule has 112 valence electrons. The van der Waals surface area contributed by atoms with E-state index in [9.17, 15) is 9.59 Å². The van der Waals surface area contributed by atoms with Crippen molar-refractivity contribution in [2.45, 2.75) is 39.3 Å². The number of nitrogens with one attached hydrogen (secondary N) is 1. The molecule has 1 rings (SSSR count). The van der Waals surface area contributed by atoms with Gasteiger partial charge < -0.3 is 19.4 Å². The molecule has 1 N–H and O–H groups in total. The van der Waals surface area contributed by atoms with Gasteiger partial charge in [0.15, 0.2) is 5.89 Å². The minimum atomic E-state index is -0.696. The molecule has 7 heteroatoms. The number of carbonyl (C=O) groups is 2. The van der Waals surface area contributed by atoms with Gasteiger partial charge in [-0.25, -0.2) is 14.6 Å². The van der Waals surface area contributed by atoms with Crippen molar-refractivity contribution in [2.75, 3.05) is 14.2 Å². The first-order chi connectivity index (χ1) is 9.35. The van der Waals surface area contributed by atoms with Crippen molar-refractivity contribution in [1.29, 1.82) is 0 Å². The molecule has 0 aromatic carbocycles. The largest absolute Gasteiger partial charge is 0.467 e. The Balaban J connectivity index is 2.54. The molecule has 7 nitrogen and oxygen atoms in total. The summed E-state index contributed by atoms with van der Waals surface area (Å²) in [6, 6.07) is -1.07. The fraction of sp³-hybridized carbons (Fsp3) is 0.615. The SMILES string of the molecule is COC(=O)[C@H](C)NC(=O)N(C)Cc1coc(C(C)C)n1. The lowest BCUT2D eigenvalue weighted by Crippen LogP contribution is -2.45. The molecule has 0 unspecified atom stereocenters. The van der Waals surface area contributed by atoms with Crippen LogP contribution in [0.2, 0.25) is 0 Å². The molecule has 1 aromatic heterocycles. The zero-order valence-electron chi connectivity index (χ0n) is 12.5. The maximum Gasteiger partial charge on any atom is 0.328 e. The van der Waals surface area contributed by atoms with Crippen LogP contribution in [0.15, 0.2) is 10.7 Å². The van der Waals surface area contributed by atoms with Crippen LogP contribution < -0.4 is 5.32 Å². The lowest BCUT2D eigenvalue weighted by Gasteiger charge is -2.19. The number of esters is 1. The molecular weight excluding hydrogens is 262 g/mol. The highest BCUT2D eigenvalue weighted by Gasteiger charge is 2.19. The number of ether oxygens (including phenoxy) is 1. The number of rotatable bonds is 5. The van der Waals surface area contributed by atoms with E-state index >= 15 is 0 Å². The van der Waals surface area contributed by atoms with Gasteiger partial charge in [-0.05, 0) is 6.92 Å². The molecule has 0 saturated heterocycles. The molecule has 1 aromatic rings. The van der Waals surface area contributed by atoms with Crippen molar-refractivity contribution < 1.29 is 18.7 Å². The molecule has 0 aliphatic heterocycles. The summed E-state index contributed by atoms with van der Waals surface area (Å²) in [5, 5.41) is 2.53. The monoisotopic (exact) mass is 283 g/mol. The maximum atomic E-state index is 11.9. The van der Waals surface area contributed by atoms with Crippen molar-refractivity contribution in [1.82, 2.24) is 15.2 Å². The van der Waals surface area contributed by atoms with E-state index in [1.54, 1.807) is 14.0 Å². The molecule has 0 aliphatic rings. The second-order valence-corrected chi connectivity index (χ2v) is 4.88. The van der Waals surface area contributed by atoms with Gasteiger partial charge in [-0.15, -0.1) is 0 Å². The second-order valence-electron chi connectivity index (χ2n) is 4.88. The van der Waals surface area contributed by atoms with E-state index in [-0.39, 0.29) is 11.9 Å². The third-order valence-corrected chi connectivity index (χ3v) is 2.70. The van der Waals surface area contributed by atoms with Crippen LogP contribution in [0.25, 0.3) is 0 Å². The quantitative estimate of drug-likeness (QED) is 0.828. The Morgan fingerprint density at radius 3 is 2.60 bits per heavy atom.